The average Bonchev–Trinajstić information content (AvgIpc) is 3.24. The Kier molecular flexibility index (Phi) is 4.31. The van der Waals surface area contributed by atoms with E-state index < -0.39 is 12.0 Å². The van der Waals surface area contributed by atoms with Crippen LogP contribution >= 0.6 is 0 Å². The van der Waals surface area contributed by atoms with Crippen molar-refractivity contribution in [1.82, 2.24) is 29.6 Å². The summed E-state index contributed by atoms with van der Waals surface area (Å²) in [6.07, 6.45) is -2.01. The zero-order valence-electron chi connectivity index (χ0n) is 15.2. The van der Waals surface area contributed by atoms with Crippen LogP contribution in [0.4, 0.5) is 13.2 Å². The summed E-state index contributed by atoms with van der Waals surface area (Å²) in [7, 11) is 0. The van der Waals surface area contributed by atoms with Crippen LogP contribution in [0.15, 0.2) is 16.8 Å². The van der Waals surface area contributed by atoms with Gasteiger partial charge in [-0.3, -0.25) is 4.79 Å². The minimum Gasteiger partial charge on any atom is -0.361 e. The van der Waals surface area contributed by atoms with E-state index in [-0.39, 0.29) is 17.6 Å². The number of aryl methyl sites for hydroxylation is 2. The smallest absolute Gasteiger partial charge is 0.361 e. The molecule has 1 amide bonds. The highest BCUT2D eigenvalue weighted by molar-refractivity contribution is 5.96. The van der Waals surface area contributed by atoms with Gasteiger partial charge in [-0.15, -0.1) is 5.10 Å². The van der Waals surface area contributed by atoms with E-state index >= 15 is 0 Å². The molecule has 148 valence electrons. The number of rotatable bonds is 2. The summed E-state index contributed by atoms with van der Waals surface area (Å²) in [5, 5.41) is 7.40. The van der Waals surface area contributed by atoms with E-state index in [0.29, 0.717) is 48.6 Å². The van der Waals surface area contributed by atoms with Crippen LogP contribution in [0.25, 0.3) is 5.78 Å². The first-order valence-electron chi connectivity index (χ1n) is 8.76. The van der Waals surface area contributed by atoms with Gasteiger partial charge in [-0.25, -0.2) is 9.50 Å². The van der Waals surface area contributed by atoms with E-state index in [1.165, 1.54) is 6.20 Å². The molecule has 0 saturated carbocycles. The highest BCUT2D eigenvalue weighted by Gasteiger charge is 2.37. The molecule has 0 bridgehead atoms. The molecule has 1 aliphatic heterocycles. The van der Waals surface area contributed by atoms with Gasteiger partial charge in [0.1, 0.15) is 11.3 Å². The van der Waals surface area contributed by atoms with E-state index in [1.54, 1.807) is 24.8 Å². The third kappa shape index (κ3) is 3.10. The minimum absolute atomic E-state index is 0.0537. The second kappa shape index (κ2) is 6.57. The first-order chi connectivity index (χ1) is 13.3. The topological polar surface area (TPSA) is 89.4 Å². The number of amides is 1. The third-order valence-corrected chi connectivity index (χ3v) is 4.97. The minimum atomic E-state index is -4.63. The number of piperidine rings is 1. The normalized spacial score (nSPS) is 16.1. The molecule has 0 N–H and O–H groups in total. The van der Waals surface area contributed by atoms with E-state index in [2.05, 4.69) is 20.2 Å². The summed E-state index contributed by atoms with van der Waals surface area (Å²) in [4.78, 5) is 21.8. The molecule has 0 unspecified atom stereocenters. The van der Waals surface area contributed by atoms with Crippen molar-refractivity contribution in [3.05, 3.63) is 40.8 Å². The van der Waals surface area contributed by atoms with E-state index in [4.69, 9.17) is 4.52 Å². The van der Waals surface area contributed by atoms with Crippen molar-refractivity contribution in [3.8, 4) is 0 Å². The molecule has 3 aromatic heterocycles. The lowest BCUT2D eigenvalue weighted by atomic mass is 9.93. The quantitative estimate of drug-likeness (QED) is 0.664. The lowest BCUT2D eigenvalue weighted by Crippen LogP contribution is -2.38. The Bertz CT molecular complexity index is 1010. The number of carbonyl (C=O) groups is 1. The maximum atomic E-state index is 12.9. The van der Waals surface area contributed by atoms with Gasteiger partial charge in [-0.05, 0) is 32.8 Å². The molecule has 4 rings (SSSR count). The number of nitrogens with zero attached hydrogens (tertiary/aromatic N) is 6. The van der Waals surface area contributed by atoms with Gasteiger partial charge in [-0.2, -0.15) is 18.2 Å². The van der Waals surface area contributed by atoms with Gasteiger partial charge in [0.15, 0.2) is 0 Å². The molecule has 4 heterocycles. The molecular formula is C17H17F3N6O2. The van der Waals surface area contributed by atoms with E-state index in [0.717, 1.165) is 4.52 Å². The van der Waals surface area contributed by atoms with Gasteiger partial charge >= 0.3 is 6.18 Å². The molecule has 11 heteroatoms. The number of hydrogen-bond donors (Lipinski definition) is 0. The van der Waals surface area contributed by atoms with Crippen LogP contribution in [0.5, 0.6) is 0 Å². The van der Waals surface area contributed by atoms with Gasteiger partial charge in [-0.1, -0.05) is 5.16 Å². The first kappa shape index (κ1) is 18.4. The van der Waals surface area contributed by atoms with E-state index in [1.807, 2.05) is 0 Å². The van der Waals surface area contributed by atoms with Gasteiger partial charge in [0, 0.05) is 25.2 Å². The maximum Gasteiger partial charge on any atom is 0.453 e. The fraction of sp³-hybridized carbons (Fsp3) is 0.471. The fourth-order valence-electron chi connectivity index (χ4n) is 3.57. The molecule has 0 atom stereocenters. The van der Waals surface area contributed by atoms with Crippen molar-refractivity contribution >= 4 is 11.7 Å². The van der Waals surface area contributed by atoms with Crippen molar-refractivity contribution in [2.75, 3.05) is 13.1 Å². The monoisotopic (exact) mass is 394 g/mol. The van der Waals surface area contributed by atoms with Gasteiger partial charge in [0.05, 0.1) is 11.4 Å². The fourth-order valence-corrected chi connectivity index (χ4v) is 3.57. The second-order valence-corrected chi connectivity index (χ2v) is 6.78. The van der Waals surface area contributed by atoms with Crippen molar-refractivity contribution in [2.45, 2.75) is 38.8 Å². The van der Waals surface area contributed by atoms with Gasteiger partial charge in [0.25, 0.3) is 17.5 Å². The summed E-state index contributed by atoms with van der Waals surface area (Å²) < 4.78 is 45.0. The number of fused-ring (bicyclic) bond motifs is 1. The Morgan fingerprint density at radius 3 is 2.57 bits per heavy atom. The SMILES string of the molecule is Cc1noc(C)c1C(=O)N1CCC(c2ccnc3nc(C(F)(F)F)nn23)CC1. The molecule has 0 aliphatic carbocycles. The standard InChI is InChI=1S/C17H17F3N6O2/c1-9-13(10(2)28-24-9)14(27)25-7-4-11(5-8-25)12-3-6-21-16-22-15(17(18,19)20)23-26(12)16/h3,6,11H,4-5,7-8H2,1-2H3. The Labute approximate surface area is 157 Å². The van der Waals surface area contributed by atoms with Crippen LogP contribution < -0.4 is 0 Å². The van der Waals surface area contributed by atoms with Gasteiger partial charge in [0.2, 0.25) is 0 Å². The van der Waals surface area contributed by atoms with Crippen LogP contribution in [0.3, 0.4) is 0 Å². The number of hydrogen-bond acceptors (Lipinski definition) is 6. The number of alkyl halides is 3. The second-order valence-electron chi connectivity index (χ2n) is 6.78. The molecule has 1 aliphatic rings. The van der Waals surface area contributed by atoms with Crippen LogP contribution in [-0.4, -0.2) is 48.6 Å². The number of carbonyl (C=O) groups excluding carboxylic acids is 1. The number of likely N-dealkylation sites (tertiary alicyclic amines) is 1. The molecule has 1 fully saturated rings. The predicted octanol–water partition coefficient (Wildman–Crippen LogP) is 2.77. The summed E-state index contributed by atoms with van der Waals surface area (Å²) in [6, 6.07) is 1.65. The largest absolute Gasteiger partial charge is 0.453 e. The molecule has 28 heavy (non-hydrogen) atoms. The zero-order valence-corrected chi connectivity index (χ0v) is 15.2. The Hall–Kier alpha value is -2.98. The van der Waals surface area contributed by atoms with E-state index in [9.17, 15) is 18.0 Å². The molecule has 8 nitrogen and oxygen atoms in total. The van der Waals surface area contributed by atoms with Gasteiger partial charge < -0.3 is 9.42 Å². The predicted molar refractivity (Wildman–Crippen MR) is 89.6 cm³/mol. The van der Waals surface area contributed by atoms with Crippen molar-refractivity contribution in [3.63, 3.8) is 0 Å². The van der Waals surface area contributed by atoms with Crippen molar-refractivity contribution < 1.29 is 22.5 Å². The molecule has 0 aromatic carbocycles. The summed E-state index contributed by atoms with van der Waals surface area (Å²) in [5.41, 5.74) is 1.62. The van der Waals surface area contributed by atoms with Crippen molar-refractivity contribution in [1.29, 1.82) is 0 Å². The van der Waals surface area contributed by atoms with Crippen LogP contribution in [0.1, 0.15) is 52.1 Å². The summed E-state index contributed by atoms with van der Waals surface area (Å²) >= 11 is 0. The third-order valence-electron chi connectivity index (χ3n) is 4.97. The number of halogens is 3. The first-order valence-corrected chi connectivity index (χ1v) is 8.76. The Balaban J connectivity index is 1.54. The molecule has 1 saturated heterocycles. The Morgan fingerprint density at radius 1 is 1.25 bits per heavy atom. The summed E-state index contributed by atoms with van der Waals surface area (Å²) in [5.74, 6) is -1.02. The van der Waals surface area contributed by atoms with Crippen LogP contribution in [-0.2, 0) is 6.18 Å². The number of aromatic nitrogens is 5. The average molecular weight is 394 g/mol. The zero-order chi connectivity index (χ0) is 20.1. The molecular weight excluding hydrogens is 377 g/mol. The highest BCUT2D eigenvalue weighted by atomic mass is 19.4. The lowest BCUT2D eigenvalue weighted by Gasteiger charge is -2.32. The molecule has 0 radical (unpaired) electrons. The molecule has 0 spiro atoms. The van der Waals surface area contributed by atoms with Crippen LogP contribution in [0, 0.1) is 13.8 Å². The van der Waals surface area contributed by atoms with Crippen molar-refractivity contribution in [2.24, 2.45) is 0 Å². The maximum absolute atomic E-state index is 12.9. The summed E-state index contributed by atoms with van der Waals surface area (Å²) in [6.45, 7) is 4.35. The molecule has 3 aromatic rings. The van der Waals surface area contributed by atoms with Crippen LogP contribution in [0.2, 0.25) is 0 Å². The Morgan fingerprint density at radius 2 is 1.96 bits per heavy atom. The lowest BCUT2D eigenvalue weighted by molar-refractivity contribution is -0.144. The highest BCUT2D eigenvalue weighted by Crippen LogP contribution is 2.31.